The second-order valence-corrected chi connectivity index (χ2v) is 10.1. The summed E-state index contributed by atoms with van der Waals surface area (Å²) in [6, 6.07) is 17.0. The molecule has 1 aromatic heterocycles. The van der Waals surface area contributed by atoms with Gasteiger partial charge in [-0.05, 0) is 67.6 Å². The molecule has 1 fully saturated rings. The van der Waals surface area contributed by atoms with Gasteiger partial charge in [-0.1, -0.05) is 18.2 Å². The highest BCUT2D eigenvalue weighted by Crippen LogP contribution is 2.38. The molecule has 0 saturated carbocycles. The maximum absolute atomic E-state index is 12.6. The normalized spacial score (nSPS) is 16.7. The van der Waals surface area contributed by atoms with E-state index in [1.165, 1.54) is 5.56 Å². The first-order valence-electron chi connectivity index (χ1n) is 10.4. The summed E-state index contributed by atoms with van der Waals surface area (Å²) in [7, 11) is 3.98. The lowest BCUT2D eigenvalue weighted by molar-refractivity contribution is -0.0328. The molecule has 0 unspecified atom stereocenters. The van der Waals surface area contributed by atoms with Crippen molar-refractivity contribution in [3.05, 3.63) is 60.2 Å². The van der Waals surface area contributed by atoms with E-state index in [-0.39, 0.29) is 22.2 Å². The van der Waals surface area contributed by atoms with Gasteiger partial charge < -0.3 is 9.80 Å². The number of pyridine rings is 1. The van der Waals surface area contributed by atoms with Crippen LogP contribution in [-0.4, -0.2) is 48.2 Å². The molecule has 170 valence electrons. The highest BCUT2D eigenvalue weighted by molar-refractivity contribution is 8.00. The summed E-state index contributed by atoms with van der Waals surface area (Å²) in [4.78, 5) is 11.6. The number of para-hydroxylation sites is 1. The van der Waals surface area contributed by atoms with Crippen LogP contribution >= 0.6 is 11.8 Å². The van der Waals surface area contributed by atoms with E-state index in [0.717, 1.165) is 35.5 Å². The minimum Gasteiger partial charge on any atom is -0.363 e. The van der Waals surface area contributed by atoms with Crippen LogP contribution in [-0.2, 0) is 6.54 Å². The summed E-state index contributed by atoms with van der Waals surface area (Å²) in [6.45, 7) is 6.67. The first-order chi connectivity index (χ1) is 15.0. The van der Waals surface area contributed by atoms with E-state index >= 15 is 0 Å². The third kappa shape index (κ3) is 4.96. The lowest BCUT2D eigenvalue weighted by atomic mass is 10.0. The van der Waals surface area contributed by atoms with E-state index in [9.17, 15) is 13.2 Å². The summed E-state index contributed by atoms with van der Waals surface area (Å²) in [5, 5.41) is 1.14. The van der Waals surface area contributed by atoms with Crippen molar-refractivity contribution in [1.82, 2.24) is 9.88 Å². The smallest absolute Gasteiger partial charge is 0.363 e. The average molecular weight is 461 g/mol. The van der Waals surface area contributed by atoms with Crippen molar-refractivity contribution in [1.29, 1.82) is 0 Å². The number of thioether (sulfide) groups is 1. The van der Waals surface area contributed by atoms with Crippen LogP contribution in [0.5, 0.6) is 0 Å². The molecule has 0 atom stereocenters. The van der Waals surface area contributed by atoms with Gasteiger partial charge in [-0.25, -0.2) is 4.98 Å². The molecule has 32 heavy (non-hydrogen) atoms. The highest BCUT2D eigenvalue weighted by atomic mass is 32.2. The zero-order valence-electron chi connectivity index (χ0n) is 18.6. The topological polar surface area (TPSA) is 22.6 Å². The number of anilines is 2. The van der Waals surface area contributed by atoms with Crippen LogP contribution in [0.3, 0.4) is 0 Å². The van der Waals surface area contributed by atoms with Crippen molar-refractivity contribution >= 4 is 34.2 Å². The number of halogens is 3. The molecule has 2 heterocycles. The summed E-state index contributed by atoms with van der Waals surface area (Å²) < 4.78 is 37.9. The maximum atomic E-state index is 12.6. The molecule has 0 amide bonds. The average Bonchev–Trinajstić information content (AvgIpc) is 3.01. The largest absolute Gasteiger partial charge is 0.446 e. The predicted octanol–water partition coefficient (Wildman–Crippen LogP) is 5.97. The van der Waals surface area contributed by atoms with Crippen molar-refractivity contribution in [2.45, 2.75) is 36.3 Å². The fourth-order valence-corrected chi connectivity index (χ4v) is 4.65. The number of nitrogens with zero attached hydrogens (tertiary/aromatic N) is 4. The number of fused-ring (bicyclic) bond motifs is 1. The van der Waals surface area contributed by atoms with E-state index in [2.05, 4.69) is 35.8 Å². The standard InChI is InChI=1S/C24H27F3N4S/c1-23(2)15-30(18-9-11-19(12-10-18)32-24(25,26)27)16-31(23)14-17-13-22(29(3)4)28-21-8-6-5-7-20(17)21/h5-13H,14-16H2,1-4H3. The molecule has 0 spiro atoms. The zero-order valence-corrected chi connectivity index (χ0v) is 19.5. The second kappa shape index (κ2) is 8.48. The molecule has 0 radical (unpaired) electrons. The fourth-order valence-electron chi connectivity index (χ4n) is 4.11. The molecule has 8 heteroatoms. The molecule has 0 bridgehead atoms. The van der Waals surface area contributed by atoms with Gasteiger partial charge in [0.25, 0.3) is 0 Å². The molecule has 0 N–H and O–H groups in total. The Bertz CT molecular complexity index is 1100. The van der Waals surface area contributed by atoms with Gasteiger partial charge in [-0.2, -0.15) is 13.2 Å². The molecule has 2 aromatic carbocycles. The predicted molar refractivity (Wildman–Crippen MR) is 126 cm³/mol. The van der Waals surface area contributed by atoms with Crippen LogP contribution in [0.2, 0.25) is 0 Å². The third-order valence-corrected chi connectivity index (χ3v) is 6.56. The van der Waals surface area contributed by atoms with Gasteiger partial charge in [0.05, 0.1) is 12.2 Å². The Hall–Kier alpha value is -2.45. The van der Waals surface area contributed by atoms with Crippen LogP contribution < -0.4 is 9.80 Å². The lowest BCUT2D eigenvalue weighted by Crippen LogP contribution is -2.39. The van der Waals surface area contributed by atoms with Crippen LogP contribution in [0, 0.1) is 0 Å². The number of alkyl halides is 3. The number of benzene rings is 2. The molecule has 3 aromatic rings. The molecule has 1 saturated heterocycles. The summed E-state index contributed by atoms with van der Waals surface area (Å²) in [5.41, 5.74) is -1.25. The minimum atomic E-state index is -4.27. The Morgan fingerprint density at radius 1 is 1.06 bits per heavy atom. The lowest BCUT2D eigenvalue weighted by Gasteiger charge is -2.30. The van der Waals surface area contributed by atoms with Gasteiger partial charge in [0.1, 0.15) is 5.82 Å². The summed E-state index contributed by atoms with van der Waals surface area (Å²) >= 11 is -0.0800. The fraction of sp³-hybridized carbons (Fsp3) is 0.375. The third-order valence-electron chi connectivity index (χ3n) is 5.82. The monoisotopic (exact) mass is 460 g/mol. The molecule has 1 aliphatic heterocycles. The number of hydrogen-bond donors (Lipinski definition) is 0. The van der Waals surface area contributed by atoms with Crippen molar-refractivity contribution in [2.75, 3.05) is 37.1 Å². The van der Waals surface area contributed by atoms with Crippen LogP contribution in [0.1, 0.15) is 19.4 Å². The van der Waals surface area contributed by atoms with Crippen LogP contribution in [0.15, 0.2) is 59.5 Å². The van der Waals surface area contributed by atoms with E-state index in [1.807, 2.05) is 37.2 Å². The van der Waals surface area contributed by atoms with Gasteiger partial charge in [-0.3, -0.25) is 4.90 Å². The van der Waals surface area contributed by atoms with Gasteiger partial charge in [0.15, 0.2) is 0 Å². The first kappa shape index (κ1) is 22.7. The Morgan fingerprint density at radius 2 is 1.75 bits per heavy atom. The van der Waals surface area contributed by atoms with E-state index in [1.54, 1.807) is 24.3 Å². The molecular weight excluding hydrogens is 433 g/mol. The molecular formula is C24H27F3N4S. The first-order valence-corrected chi connectivity index (χ1v) is 11.3. The van der Waals surface area contributed by atoms with E-state index in [0.29, 0.717) is 6.67 Å². The van der Waals surface area contributed by atoms with Crippen LogP contribution in [0.25, 0.3) is 10.9 Å². The van der Waals surface area contributed by atoms with Crippen molar-refractivity contribution in [3.8, 4) is 0 Å². The van der Waals surface area contributed by atoms with E-state index < -0.39 is 5.51 Å². The summed E-state index contributed by atoms with van der Waals surface area (Å²) in [5.74, 6) is 0.922. The summed E-state index contributed by atoms with van der Waals surface area (Å²) in [6.07, 6.45) is 0. The minimum absolute atomic E-state index is 0.0800. The van der Waals surface area contributed by atoms with Crippen molar-refractivity contribution < 1.29 is 13.2 Å². The second-order valence-electron chi connectivity index (χ2n) is 8.94. The molecule has 1 aliphatic rings. The van der Waals surface area contributed by atoms with Crippen molar-refractivity contribution in [3.63, 3.8) is 0 Å². The highest BCUT2D eigenvalue weighted by Gasteiger charge is 2.37. The Balaban J connectivity index is 1.57. The van der Waals surface area contributed by atoms with Gasteiger partial charge in [0.2, 0.25) is 0 Å². The Kier molecular flexibility index (Phi) is 6.02. The molecule has 4 rings (SSSR count). The van der Waals surface area contributed by atoms with Gasteiger partial charge in [0, 0.05) is 48.7 Å². The van der Waals surface area contributed by atoms with Crippen molar-refractivity contribution in [2.24, 2.45) is 0 Å². The van der Waals surface area contributed by atoms with Gasteiger partial charge >= 0.3 is 5.51 Å². The molecule has 4 nitrogen and oxygen atoms in total. The zero-order chi connectivity index (χ0) is 23.1. The number of aromatic nitrogens is 1. The van der Waals surface area contributed by atoms with E-state index in [4.69, 9.17) is 4.98 Å². The maximum Gasteiger partial charge on any atom is 0.446 e. The number of rotatable bonds is 5. The molecule has 0 aliphatic carbocycles. The quantitative estimate of drug-likeness (QED) is 0.436. The Labute approximate surface area is 191 Å². The van der Waals surface area contributed by atoms with Crippen LogP contribution in [0.4, 0.5) is 24.7 Å². The number of hydrogen-bond acceptors (Lipinski definition) is 5. The SMILES string of the molecule is CN(C)c1cc(CN2CN(c3ccc(SC(F)(F)F)cc3)CC2(C)C)c2ccccc2n1. The van der Waals surface area contributed by atoms with Gasteiger partial charge in [-0.15, -0.1) is 0 Å². The Morgan fingerprint density at radius 3 is 2.41 bits per heavy atom.